The molecule has 5 rings (SSSR count). The summed E-state index contributed by atoms with van der Waals surface area (Å²) in [6, 6.07) is 7.13. The minimum Gasteiger partial charge on any atom is -0.465 e. The Balaban J connectivity index is 1.55. The zero-order valence-corrected chi connectivity index (χ0v) is 25.0. The Morgan fingerprint density at radius 1 is 0.976 bits per heavy atom. The molecule has 3 aromatic rings. The number of esters is 1. The molecule has 226 valence electrons. The number of aryl methyl sites for hydroxylation is 1. The van der Waals surface area contributed by atoms with Crippen LogP contribution in [-0.4, -0.2) is 105 Å². The Morgan fingerprint density at radius 2 is 1.62 bits per heavy atom. The molecule has 0 saturated carbocycles. The van der Waals surface area contributed by atoms with Crippen molar-refractivity contribution in [2.24, 2.45) is 7.05 Å². The van der Waals surface area contributed by atoms with Crippen LogP contribution in [0.2, 0.25) is 0 Å². The summed E-state index contributed by atoms with van der Waals surface area (Å²) in [6.07, 6.45) is 1.61. The van der Waals surface area contributed by atoms with Crippen molar-refractivity contribution in [2.75, 3.05) is 61.2 Å². The Labute approximate surface area is 243 Å². The normalized spacial score (nSPS) is 18.6. The van der Waals surface area contributed by atoms with Crippen molar-refractivity contribution in [2.45, 2.75) is 13.1 Å². The first-order chi connectivity index (χ1) is 19.9. The highest BCUT2D eigenvalue weighted by atomic mass is 32.2. The highest BCUT2D eigenvalue weighted by Crippen LogP contribution is 2.32. The molecule has 0 N–H and O–H groups in total. The van der Waals surface area contributed by atoms with Crippen LogP contribution in [0.4, 0.5) is 14.9 Å². The number of anilines is 1. The Morgan fingerprint density at radius 3 is 2.24 bits per heavy atom. The zero-order valence-electron chi connectivity index (χ0n) is 23.3. The second-order valence-electron chi connectivity index (χ2n) is 10.5. The SMILES string of the molecule is COC(=O)c1ccc(CN(C(=O)N2CCS(=O)(=O)CC2)c2cc(CN3CCS(=O)(=O)CC3)cc3c2cnn3C)c(F)c1. The van der Waals surface area contributed by atoms with Gasteiger partial charge in [0.15, 0.2) is 19.7 Å². The summed E-state index contributed by atoms with van der Waals surface area (Å²) in [6.45, 7) is 0.979. The first kappa shape index (κ1) is 29.9. The van der Waals surface area contributed by atoms with Crippen LogP contribution < -0.4 is 4.90 Å². The minimum atomic E-state index is -3.26. The highest BCUT2D eigenvalue weighted by molar-refractivity contribution is 7.91. The van der Waals surface area contributed by atoms with Crippen molar-refractivity contribution in [3.05, 3.63) is 59.0 Å². The number of nitrogens with zero attached hydrogens (tertiary/aromatic N) is 5. The van der Waals surface area contributed by atoms with Crippen molar-refractivity contribution >= 4 is 48.3 Å². The van der Waals surface area contributed by atoms with Gasteiger partial charge in [-0.25, -0.2) is 30.8 Å². The molecule has 0 radical (unpaired) electrons. The maximum atomic E-state index is 15.3. The molecule has 2 aliphatic rings. The van der Waals surface area contributed by atoms with Crippen LogP contribution in [0.5, 0.6) is 0 Å². The van der Waals surface area contributed by atoms with E-state index in [2.05, 4.69) is 9.84 Å². The van der Waals surface area contributed by atoms with E-state index in [9.17, 15) is 26.4 Å². The Bertz CT molecular complexity index is 1730. The monoisotopic (exact) mass is 621 g/mol. The fraction of sp³-hybridized carbons (Fsp3) is 0.444. The Kier molecular flexibility index (Phi) is 8.27. The molecule has 3 heterocycles. The standard InChI is InChI=1S/C27H32FN5O7S2/c1-30-24-13-19(17-31-5-9-41(36,37)10-6-31)14-25(22(24)16-29-30)33(27(35)32-7-11-42(38,39)12-8-32)18-21-4-3-20(15-23(21)28)26(34)40-2/h3-4,13-16H,5-12,17-18H2,1-2H3. The molecule has 0 aliphatic carbocycles. The van der Waals surface area contributed by atoms with Gasteiger partial charge in [0.05, 0.1) is 59.6 Å². The molecule has 2 fully saturated rings. The molecule has 0 spiro atoms. The van der Waals surface area contributed by atoms with Crippen molar-refractivity contribution in [3.8, 4) is 0 Å². The van der Waals surface area contributed by atoms with Gasteiger partial charge in [0, 0.05) is 50.7 Å². The summed E-state index contributed by atoms with van der Waals surface area (Å²) in [5, 5.41) is 5.00. The van der Waals surface area contributed by atoms with Gasteiger partial charge < -0.3 is 9.64 Å². The summed E-state index contributed by atoms with van der Waals surface area (Å²) in [7, 11) is -3.37. The molecule has 42 heavy (non-hydrogen) atoms. The average Bonchev–Trinajstić information content (AvgIpc) is 3.32. The van der Waals surface area contributed by atoms with E-state index in [-0.39, 0.29) is 53.8 Å². The van der Waals surface area contributed by atoms with Crippen LogP contribution in [0.15, 0.2) is 36.5 Å². The lowest BCUT2D eigenvalue weighted by Crippen LogP contribution is -2.50. The van der Waals surface area contributed by atoms with Gasteiger partial charge in [-0.3, -0.25) is 14.5 Å². The third-order valence-corrected chi connectivity index (χ3v) is 10.9. The lowest BCUT2D eigenvalue weighted by Gasteiger charge is -2.34. The Hall–Kier alpha value is -3.56. The predicted octanol–water partition coefficient (Wildman–Crippen LogP) is 1.59. The van der Waals surface area contributed by atoms with E-state index in [1.807, 2.05) is 17.0 Å². The summed E-state index contributed by atoms with van der Waals surface area (Å²) >= 11 is 0. The number of sulfone groups is 2. The van der Waals surface area contributed by atoms with Crippen molar-refractivity contribution in [3.63, 3.8) is 0 Å². The van der Waals surface area contributed by atoms with Gasteiger partial charge in [-0.15, -0.1) is 0 Å². The number of carbonyl (C=O) groups is 2. The average molecular weight is 622 g/mol. The first-order valence-electron chi connectivity index (χ1n) is 13.4. The van der Waals surface area contributed by atoms with Gasteiger partial charge in [-0.05, 0) is 29.8 Å². The van der Waals surface area contributed by atoms with E-state index >= 15 is 4.39 Å². The van der Waals surface area contributed by atoms with Crippen molar-refractivity contribution < 1.29 is 35.6 Å². The molecule has 1 aromatic heterocycles. The van der Waals surface area contributed by atoms with E-state index in [1.165, 1.54) is 29.0 Å². The van der Waals surface area contributed by atoms with E-state index in [1.54, 1.807) is 17.9 Å². The summed E-state index contributed by atoms with van der Waals surface area (Å²) in [5.74, 6) is -1.61. The van der Waals surface area contributed by atoms with E-state index in [4.69, 9.17) is 0 Å². The second kappa shape index (κ2) is 11.6. The molecule has 2 aromatic carbocycles. The first-order valence-corrected chi connectivity index (χ1v) is 17.0. The van der Waals surface area contributed by atoms with Gasteiger partial charge in [0.1, 0.15) is 5.82 Å². The molecule has 2 saturated heterocycles. The number of ether oxygens (including phenoxy) is 1. The summed E-state index contributed by atoms with van der Waals surface area (Å²) < 4.78 is 69.6. The third-order valence-electron chi connectivity index (χ3n) is 7.69. The van der Waals surface area contributed by atoms with Crippen molar-refractivity contribution in [1.29, 1.82) is 0 Å². The maximum Gasteiger partial charge on any atom is 0.337 e. The second-order valence-corrected chi connectivity index (χ2v) is 15.2. The number of amides is 2. The number of methoxy groups -OCH3 is 1. The van der Waals surface area contributed by atoms with Crippen LogP contribution in [0.1, 0.15) is 21.5 Å². The van der Waals surface area contributed by atoms with Gasteiger partial charge in [-0.1, -0.05) is 6.07 Å². The van der Waals surface area contributed by atoms with Gasteiger partial charge >= 0.3 is 12.0 Å². The number of aromatic nitrogens is 2. The highest BCUT2D eigenvalue weighted by Gasteiger charge is 2.31. The molecule has 12 nitrogen and oxygen atoms in total. The molecule has 2 amide bonds. The smallest absolute Gasteiger partial charge is 0.337 e. The number of halogens is 1. The fourth-order valence-corrected chi connectivity index (χ4v) is 7.67. The lowest BCUT2D eigenvalue weighted by atomic mass is 10.1. The van der Waals surface area contributed by atoms with Gasteiger partial charge in [0.25, 0.3) is 0 Å². The number of hydrogen-bond donors (Lipinski definition) is 0. The third kappa shape index (κ3) is 6.42. The van der Waals surface area contributed by atoms with Gasteiger partial charge in [0.2, 0.25) is 0 Å². The fourth-order valence-electron chi connectivity index (χ4n) is 5.19. The number of benzene rings is 2. The van der Waals surface area contributed by atoms with Crippen LogP contribution in [0, 0.1) is 5.82 Å². The van der Waals surface area contributed by atoms with E-state index < -0.39 is 37.5 Å². The number of rotatable bonds is 6. The number of hydrogen-bond acceptors (Lipinski definition) is 9. The van der Waals surface area contributed by atoms with Crippen molar-refractivity contribution in [1.82, 2.24) is 19.6 Å². The molecule has 15 heteroatoms. The number of urea groups is 1. The topological polar surface area (TPSA) is 139 Å². The molecule has 0 bridgehead atoms. The molecule has 0 atom stereocenters. The predicted molar refractivity (Wildman–Crippen MR) is 154 cm³/mol. The van der Waals surface area contributed by atoms with E-state index in [0.29, 0.717) is 36.2 Å². The molecular formula is C27H32FN5O7S2. The van der Waals surface area contributed by atoms with Crippen LogP contribution in [-0.2, 0) is 44.5 Å². The number of fused-ring (bicyclic) bond motifs is 1. The quantitative estimate of drug-likeness (QED) is 0.376. The zero-order chi connectivity index (χ0) is 30.2. The van der Waals surface area contributed by atoms with Crippen LogP contribution in [0.25, 0.3) is 10.9 Å². The largest absolute Gasteiger partial charge is 0.465 e. The van der Waals surface area contributed by atoms with Crippen LogP contribution >= 0.6 is 0 Å². The van der Waals surface area contributed by atoms with Gasteiger partial charge in [-0.2, -0.15) is 5.10 Å². The number of carbonyl (C=O) groups excluding carboxylic acids is 2. The van der Waals surface area contributed by atoms with E-state index in [0.717, 1.165) is 11.6 Å². The molecule has 0 unspecified atom stereocenters. The molecule has 2 aliphatic heterocycles. The minimum absolute atomic E-state index is 0.000444. The maximum absolute atomic E-state index is 15.3. The summed E-state index contributed by atoms with van der Waals surface area (Å²) in [4.78, 5) is 30.8. The molecular weight excluding hydrogens is 589 g/mol. The lowest BCUT2D eigenvalue weighted by molar-refractivity contribution is 0.0600. The summed E-state index contributed by atoms with van der Waals surface area (Å²) in [5.41, 5.74) is 2.14. The van der Waals surface area contributed by atoms with Crippen LogP contribution in [0.3, 0.4) is 0 Å².